The number of rotatable bonds is 4. The van der Waals surface area contributed by atoms with Crippen molar-refractivity contribution in [2.24, 2.45) is 0 Å². The van der Waals surface area contributed by atoms with Gasteiger partial charge in [-0.3, -0.25) is 0 Å². The zero-order valence-electron chi connectivity index (χ0n) is 12.6. The molecule has 1 aliphatic rings. The van der Waals surface area contributed by atoms with Crippen molar-refractivity contribution in [1.29, 1.82) is 0 Å². The fourth-order valence-electron chi connectivity index (χ4n) is 2.94. The smallest absolute Gasteiger partial charge is 0.123 e. The second-order valence-corrected chi connectivity index (χ2v) is 6.34. The van der Waals surface area contributed by atoms with Crippen LogP contribution in [0.2, 0.25) is 0 Å². The largest absolute Gasteiger partial charge is 0.382 e. The maximum atomic E-state index is 12.9. The van der Waals surface area contributed by atoms with Crippen LogP contribution in [-0.4, -0.2) is 6.04 Å². The molecule has 0 aromatic heterocycles. The predicted molar refractivity (Wildman–Crippen MR) is 86.3 cm³/mol. The molecule has 0 aliphatic heterocycles. The number of benzene rings is 2. The molecule has 2 heteroatoms. The van der Waals surface area contributed by atoms with Crippen molar-refractivity contribution in [2.75, 3.05) is 5.32 Å². The minimum Gasteiger partial charge on any atom is -0.382 e. The van der Waals surface area contributed by atoms with Crippen LogP contribution in [0.1, 0.15) is 49.7 Å². The van der Waals surface area contributed by atoms with Crippen molar-refractivity contribution in [1.82, 2.24) is 0 Å². The number of halogens is 1. The number of nitrogens with one attached hydrogen (secondary N) is 1. The molecule has 0 unspecified atom stereocenters. The first-order valence-corrected chi connectivity index (χ1v) is 7.74. The third-order valence-electron chi connectivity index (χ3n) is 4.43. The van der Waals surface area contributed by atoms with E-state index in [0.29, 0.717) is 17.9 Å². The van der Waals surface area contributed by atoms with E-state index in [1.165, 1.54) is 16.8 Å². The normalized spacial score (nSPS) is 21.1. The fraction of sp³-hybridized carbons (Fsp3) is 0.368. The van der Waals surface area contributed by atoms with Crippen molar-refractivity contribution in [2.45, 2.75) is 44.6 Å². The average molecular weight is 283 g/mol. The van der Waals surface area contributed by atoms with Gasteiger partial charge in [-0.2, -0.15) is 0 Å². The summed E-state index contributed by atoms with van der Waals surface area (Å²) in [6, 6.07) is 16.2. The summed E-state index contributed by atoms with van der Waals surface area (Å²) in [6.07, 6.45) is 2.25. The third-order valence-corrected chi connectivity index (χ3v) is 4.43. The molecule has 0 heterocycles. The van der Waals surface area contributed by atoms with Crippen molar-refractivity contribution in [3.63, 3.8) is 0 Å². The van der Waals surface area contributed by atoms with E-state index >= 15 is 0 Å². The number of hydrogen-bond donors (Lipinski definition) is 1. The fourth-order valence-corrected chi connectivity index (χ4v) is 2.94. The molecule has 3 rings (SSSR count). The Morgan fingerprint density at radius 3 is 2.14 bits per heavy atom. The lowest BCUT2D eigenvalue weighted by atomic mass is 9.76. The molecule has 110 valence electrons. The molecular weight excluding hydrogens is 261 g/mol. The molecule has 2 aromatic carbocycles. The van der Waals surface area contributed by atoms with Crippen LogP contribution >= 0.6 is 0 Å². The Balaban J connectivity index is 1.53. The van der Waals surface area contributed by atoms with E-state index in [9.17, 15) is 4.39 Å². The Morgan fingerprint density at radius 1 is 0.952 bits per heavy atom. The van der Waals surface area contributed by atoms with Crippen molar-refractivity contribution in [3.05, 3.63) is 65.5 Å². The van der Waals surface area contributed by atoms with E-state index in [2.05, 4.69) is 43.4 Å². The van der Waals surface area contributed by atoms with Crippen LogP contribution in [0.3, 0.4) is 0 Å². The molecule has 1 saturated carbocycles. The summed E-state index contributed by atoms with van der Waals surface area (Å²) in [5, 5.41) is 3.58. The Bertz CT molecular complexity index is 580. The van der Waals surface area contributed by atoms with Gasteiger partial charge in [-0.05, 0) is 60.1 Å². The van der Waals surface area contributed by atoms with Gasteiger partial charge in [-0.1, -0.05) is 38.1 Å². The molecule has 2 aromatic rings. The Morgan fingerprint density at radius 2 is 1.57 bits per heavy atom. The number of anilines is 1. The second kappa shape index (κ2) is 5.88. The van der Waals surface area contributed by atoms with Gasteiger partial charge in [0.15, 0.2) is 0 Å². The van der Waals surface area contributed by atoms with Crippen LogP contribution in [-0.2, 0) is 0 Å². The highest BCUT2D eigenvalue weighted by molar-refractivity contribution is 5.47. The molecule has 0 amide bonds. The van der Waals surface area contributed by atoms with E-state index < -0.39 is 0 Å². The summed E-state index contributed by atoms with van der Waals surface area (Å²) in [7, 11) is 0. The summed E-state index contributed by atoms with van der Waals surface area (Å²) in [5.41, 5.74) is 3.82. The average Bonchev–Trinajstić information content (AvgIpc) is 2.44. The van der Waals surface area contributed by atoms with Crippen LogP contribution in [0.15, 0.2) is 48.5 Å². The van der Waals surface area contributed by atoms with E-state index in [1.807, 2.05) is 12.1 Å². The Hall–Kier alpha value is -1.83. The second-order valence-electron chi connectivity index (χ2n) is 6.34. The topological polar surface area (TPSA) is 12.0 Å². The van der Waals surface area contributed by atoms with E-state index in [4.69, 9.17) is 0 Å². The Kier molecular flexibility index (Phi) is 3.96. The van der Waals surface area contributed by atoms with Gasteiger partial charge in [0.1, 0.15) is 5.82 Å². The zero-order valence-corrected chi connectivity index (χ0v) is 12.6. The quantitative estimate of drug-likeness (QED) is 0.802. The lowest BCUT2D eigenvalue weighted by molar-refractivity contribution is 0.374. The molecule has 0 saturated heterocycles. The molecule has 1 N–H and O–H groups in total. The highest BCUT2D eigenvalue weighted by atomic mass is 19.1. The first-order valence-electron chi connectivity index (χ1n) is 7.74. The van der Waals surface area contributed by atoms with Gasteiger partial charge < -0.3 is 5.32 Å². The summed E-state index contributed by atoms with van der Waals surface area (Å²) in [4.78, 5) is 0. The highest BCUT2D eigenvalue weighted by Gasteiger charge is 2.30. The Labute approximate surface area is 126 Å². The summed E-state index contributed by atoms with van der Waals surface area (Å²) < 4.78 is 12.9. The summed E-state index contributed by atoms with van der Waals surface area (Å²) in [6.45, 7) is 4.42. The lowest BCUT2D eigenvalue weighted by Crippen LogP contribution is -2.33. The lowest BCUT2D eigenvalue weighted by Gasteiger charge is -2.37. The standard InChI is InChI=1S/C19H22FN/c1-13(2)14-5-9-18(10-6-14)21-19-11-16(12-19)15-3-7-17(20)8-4-15/h3-10,13,16,19,21H,11-12H2,1-2H3. The minimum atomic E-state index is -0.155. The highest BCUT2D eigenvalue weighted by Crippen LogP contribution is 2.38. The van der Waals surface area contributed by atoms with Gasteiger partial charge in [-0.15, -0.1) is 0 Å². The first-order chi connectivity index (χ1) is 10.1. The van der Waals surface area contributed by atoms with Crippen molar-refractivity contribution < 1.29 is 4.39 Å². The monoisotopic (exact) mass is 283 g/mol. The SMILES string of the molecule is CC(C)c1ccc(NC2CC(c3ccc(F)cc3)C2)cc1. The summed E-state index contributed by atoms with van der Waals surface area (Å²) in [5.74, 6) is 0.988. The van der Waals surface area contributed by atoms with Crippen molar-refractivity contribution in [3.8, 4) is 0 Å². The molecule has 0 atom stereocenters. The van der Waals surface area contributed by atoms with Gasteiger partial charge in [0, 0.05) is 11.7 Å². The minimum absolute atomic E-state index is 0.155. The van der Waals surface area contributed by atoms with Crippen LogP contribution in [0, 0.1) is 5.82 Å². The van der Waals surface area contributed by atoms with Gasteiger partial charge in [-0.25, -0.2) is 4.39 Å². The number of hydrogen-bond acceptors (Lipinski definition) is 1. The van der Waals surface area contributed by atoms with Crippen LogP contribution < -0.4 is 5.32 Å². The molecule has 21 heavy (non-hydrogen) atoms. The van der Waals surface area contributed by atoms with Gasteiger partial charge in [0.25, 0.3) is 0 Å². The van der Waals surface area contributed by atoms with Gasteiger partial charge in [0.2, 0.25) is 0 Å². The van der Waals surface area contributed by atoms with E-state index in [0.717, 1.165) is 12.8 Å². The molecule has 0 bridgehead atoms. The summed E-state index contributed by atoms with van der Waals surface area (Å²) >= 11 is 0. The molecule has 1 fully saturated rings. The maximum Gasteiger partial charge on any atom is 0.123 e. The van der Waals surface area contributed by atoms with Crippen molar-refractivity contribution >= 4 is 5.69 Å². The first kappa shape index (κ1) is 14.1. The van der Waals surface area contributed by atoms with Gasteiger partial charge >= 0.3 is 0 Å². The van der Waals surface area contributed by atoms with Crippen LogP contribution in [0.4, 0.5) is 10.1 Å². The molecular formula is C19H22FN. The predicted octanol–water partition coefficient (Wildman–Crippen LogP) is 5.31. The van der Waals surface area contributed by atoms with E-state index in [-0.39, 0.29) is 5.82 Å². The maximum absolute atomic E-state index is 12.9. The third kappa shape index (κ3) is 3.26. The molecule has 0 spiro atoms. The molecule has 0 radical (unpaired) electrons. The van der Waals surface area contributed by atoms with Crippen LogP contribution in [0.5, 0.6) is 0 Å². The van der Waals surface area contributed by atoms with Crippen LogP contribution in [0.25, 0.3) is 0 Å². The zero-order chi connectivity index (χ0) is 14.8. The van der Waals surface area contributed by atoms with E-state index in [1.54, 1.807) is 12.1 Å². The molecule has 1 nitrogen and oxygen atoms in total. The van der Waals surface area contributed by atoms with Gasteiger partial charge in [0.05, 0.1) is 0 Å². The molecule has 1 aliphatic carbocycles.